The minimum Gasteiger partial charge on any atom is -0.388 e. The summed E-state index contributed by atoms with van der Waals surface area (Å²) in [6.45, 7) is 9.20. The summed E-state index contributed by atoms with van der Waals surface area (Å²) in [4.78, 5) is 4.56. The van der Waals surface area contributed by atoms with Crippen LogP contribution in [0.5, 0.6) is 0 Å². The van der Waals surface area contributed by atoms with E-state index in [9.17, 15) is 5.11 Å². The molecule has 1 aliphatic carbocycles. The zero-order chi connectivity index (χ0) is 16.7. The van der Waals surface area contributed by atoms with Crippen LogP contribution in [0.4, 0.5) is 0 Å². The van der Waals surface area contributed by atoms with Gasteiger partial charge in [0.15, 0.2) is 5.96 Å². The van der Waals surface area contributed by atoms with Gasteiger partial charge in [-0.05, 0) is 46.1 Å². The number of guanidine groups is 1. The molecule has 1 aliphatic rings. The molecule has 3 N–H and O–H groups in total. The second kappa shape index (κ2) is 8.34. The lowest BCUT2D eigenvalue weighted by atomic mass is 10.0. The fourth-order valence-electron chi connectivity index (χ4n) is 3.10. The number of rotatable bonds is 7. The highest BCUT2D eigenvalue weighted by Gasteiger charge is 2.30. The van der Waals surface area contributed by atoms with Gasteiger partial charge in [0, 0.05) is 25.3 Å². The Labute approximate surface area is 139 Å². The maximum absolute atomic E-state index is 10.4. The van der Waals surface area contributed by atoms with Crippen LogP contribution in [0, 0.1) is 13.8 Å². The summed E-state index contributed by atoms with van der Waals surface area (Å²) in [5.41, 5.74) is 1.67. The van der Waals surface area contributed by atoms with E-state index in [4.69, 9.17) is 0 Å². The van der Waals surface area contributed by atoms with Crippen LogP contribution < -0.4 is 10.6 Å². The molecule has 1 aromatic heterocycles. The maximum atomic E-state index is 10.4. The van der Waals surface area contributed by atoms with E-state index in [0.29, 0.717) is 6.54 Å². The van der Waals surface area contributed by atoms with Gasteiger partial charge < -0.3 is 15.7 Å². The molecule has 0 amide bonds. The standard InChI is InChI=1S/C17H31N5O/c1-4-18-16(20-13-17(23)8-5-6-9-17)19-10-7-11-22-15(3)12-14(2)21-22/h12,23H,4-11,13H2,1-3H3,(H2,18,19,20). The molecule has 0 bridgehead atoms. The topological polar surface area (TPSA) is 74.5 Å². The third-order valence-electron chi connectivity index (χ3n) is 4.35. The molecular weight excluding hydrogens is 290 g/mol. The Bertz CT molecular complexity index is 517. The van der Waals surface area contributed by atoms with Gasteiger partial charge in [0.1, 0.15) is 0 Å². The molecule has 2 rings (SSSR count). The number of aryl methyl sites for hydroxylation is 3. The van der Waals surface area contributed by atoms with Crippen molar-refractivity contribution < 1.29 is 5.11 Å². The lowest BCUT2D eigenvalue weighted by Gasteiger charge is -2.20. The molecule has 130 valence electrons. The summed E-state index contributed by atoms with van der Waals surface area (Å²) in [5.74, 6) is 0.793. The number of aliphatic hydroxyl groups is 1. The van der Waals surface area contributed by atoms with Gasteiger partial charge in [-0.1, -0.05) is 12.8 Å². The Morgan fingerprint density at radius 1 is 1.35 bits per heavy atom. The predicted octanol–water partition coefficient (Wildman–Crippen LogP) is 1.75. The number of hydrogen-bond acceptors (Lipinski definition) is 3. The maximum Gasteiger partial charge on any atom is 0.191 e. The monoisotopic (exact) mass is 321 g/mol. The van der Waals surface area contributed by atoms with Gasteiger partial charge in [-0.2, -0.15) is 5.10 Å². The van der Waals surface area contributed by atoms with Gasteiger partial charge in [-0.15, -0.1) is 0 Å². The zero-order valence-corrected chi connectivity index (χ0v) is 14.7. The van der Waals surface area contributed by atoms with Crippen LogP contribution in [-0.4, -0.2) is 46.1 Å². The van der Waals surface area contributed by atoms with Crippen molar-refractivity contribution in [2.75, 3.05) is 19.6 Å². The molecule has 1 fully saturated rings. The van der Waals surface area contributed by atoms with Crippen LogP contribution >= 0.6 is 0 Å². The Kier molecular flexibility index (Phi) is 6.45. The van der Waals surface area contributed by atoms with E-state index in [1.165, 1.54) is 5.69 Å². The first-order valence-electron chi connectivity index (χ1n) is 8.78. The quantitative estimate of drug-likeness (QED) is 0.406. The third kappa shape index (κ3) is 5.53. The van der Waals surface area contributed by atoms with E-state index in [1.807, 2.05) is 11.6 Å². The van der Waals surface area contributed by atoms with E-state index < -0.39 is 5.60 Å². The highest BCUT2D eigenvalue weighted by molar-refractivity contribution is 5.79. The molecule has 0 atom stereocenters. The molecule has 0 radical (unpaired) electrons. The molecule has 1 heterocycles. The highest BCUT2D eigenvalue weighted by atomic mass is 16.3. The first-order chi connectivity index (χ1) is 11.0. The molecule has 0 aromatic carbocycles. The summed E-state index contributed by atoms with van der Waals surface area (Å²) in [6.07, 6.45) is 4.94. The minimum absolute atomic E-state index is 0.486. The molecular formula is C17H31N5O. The van der Waals surface area contributed by atoms with Gasteiger partial charge in [0.2, 0.25) is 0 Å². The van der Waals surface area contributed by atoms with E-state index in [1.54, 1.807) is 0 Å². The van der Waals surface area contributed by atoms with E-state index in [2.05, 4.69) is 40.6 Å². The summed E-state index contributed by atoms with van der Waals surface area (Å²) in [7, 11) is 0. The smallest absolute Gasteiger partial charge is 0.191 e. The van der Waals surface area contributed by atoms with Crippen molar-refractivity contribution in [2.45, 2.75) is 65.0 Å². The normalized spacial score (nSPS) is 17.5. The summed E-state index contributed by atoms with van der Waals surface area (Å²) in [5, 5.41) is 21.4. The Morgan fingerprint density at radius 2 is 2.09 bits per heavy atom. The van der Waals surface area contributed by atoms with Crippen LogP contribution in [0.3, 0.4) is 0 Å². The van der Waals surface area contributed by atoms with E-state index in [-0.39, 0.29) is 0 Å². The van der Waals surface area contributed by atoms with Gasteiger partial charge >= 0.3 is 0 Å². The van der Waals surface area contributed by atoms with Crippen molar-refractivity contribution in [1.82, 2.24) is 20.4 Å². The lowest BCUT2D eigenvalue weighted by molar-refractivity contribution is 0.0574. The number of hydrogen-bond donors (Lipinski definition) is 3. The Balaban J connectivity index is 1.76. The number of aromatic nitrogens is 2. The average Bonchev–Trinajstić information content (AvgIpc) is 3.07. The SMILES string of the molecule is CCNC(=NCC1(O)CCCC1)NCCCn1nc(C)cc1C. The summed E-state index contributed by atoms with van der Waals surface area (Å²) < 4.78 is 2.04. The molecule has 0 aliphatic heterocycles. The second-order valence-electron chi connectivity index (χ2n) is 6.56. The Hall–Kier alpha value is -1.56. The van der Waals surface area contributed by atoms with Crippen LogP contribution in [0.25, 0.3) is 0 Å². The average molecular weight is 321 g/mol. The number of nitrogens with zero attached hydrogens (tertiary/aromatic N) is 3. The molecule has 0 spiro atoms. The Morgan fingerprint density at radius 3 is 2.70 bits per heavy atom. The van der Waals surface area contributed by atoms with Gasteiger partial charge in [-0.25, -0.2) is 0 Å². The predicted molar refractivity (Wildman–Crippen MR) is 93.7 cm³/mol. The van der Waals surface area contributed by atoms with Crippen molar-refractivity contribution in [3.05, 3.63) is 17.5 Å². The molecule has 1 aromatic rings. The van der Waals surface area contributed by atoms with E-state index in [0.717, 1.165) is 63.4 Å². The van der Waals surface area contributed by atoms with Crippen molar-refractivity contribution >= 4 is 5.96 Å². The fraction of sp³-hybridized carbons (Fsp3) is 0.765. The molecule has 6 nitrogen and oxygen atoms in total. The molecule has 6 heteroatoms. The number of nitrogens with one attached hydrogen (secondary N) is 2. The third-order valence-corrected chi connectivity index (χ3v) is 4.35. The van der Waals surface area contributed by atoms with Crippen molar-refractivity contribution in [2.24, 2.45) is 4.99 Å². The molecule has 0 saturated heterocycles. The van der Waals surface area contributed by atoms with Crippen molar-refractivity contribution in [1.29, 1.82) is 0 Å². The van der Waals surface area contributed by atoms with Gasteiger partial charge in [0.25, 0.3) is 0 Å². The summed E-state index contributed by atoms with van der Waals surface area (Å²) in [6, 6.07) is 2.10. The molecule has 23 heavy (non-hydrogen) atoms. The van der Waals surface area contributed by atoms with E-state index >= 15 is 0 Å². The molecule has 1 saturated carbocycles. The van der Waals surface area contributed by atoms with Crippen molar-refractivity contribution in [3.63, 3.8) is 0 Å². The zero-order valence-electron chi connectivity index (χ0n) is 14.7. The largest absolute Gasteiger partial charge is 0.388 e. The fourth-order valence-corrected chi connectivity index (χ4v) is 3.10. The first kappa shape index (κ1) is 17.8. The minimum atomic E-state index is -0.591. The van der Waals surface area contributed by atoms with Crippen molar-refractivity contribution in [3.8, 4) is 0 Å². The van der Waals surface area contributed by atoms with Gasteiger partial charge in [-0.3, -0.25) is 9.67 Å². The first-order valence-corrected chi connectivity index (χ1v) is 8.78. The lowest BCUT2D eigenvalue weighted by Crippen LogP contribution is -2.40. The van der Waals surface area contributed by atoms with Gasteiger partial charge in [0.05, 0.1) is 17.8 Å². The van der Waals surface area contributed by atoms with Crippen LogP contribution in [0.2, 0.25) is 0 Å². The number of aliphatic imine (C=N–C) groups is 1. The summed E-state index contributed by atoms with van der Waals surface area (Å²) >= 11 is 0. The van der Waals surface area contributed by atoms with Crippen LogP contribution in [0.1, 0.15) is 50.4 Å². The highest BCUT2D eigenvalue weighted by Crippen LogP contribution is 2.29. The van der Waals surface area contributed by atoms with Crippen LogP contribution in [-0.2, 0) is 6.54 Å². The molecule has 0 unspecified atom stereocenters. The van der Waals surface area contributed by atoms with Crippen LogP contribution in [0.15, 0.2) is 11.1 Å². The second-order valence-corrected chi connectivity index (χ2v) is 6.56.